The molecule has 6 heteroatoms. The Morgan fingerprint density at radius 1 is 1.24 bits per heavy atom. The molecule has 1 aromatic carbocycles. The lowest BCUT2D eigenvalue weighted by Crippen LogP contribution is -2.06. The van der Waals surface area contributed by atoms with Gasteiger partial charge in [0.1, 0.15) is 0 Å². The molecule has 17 heavy (non-hydrogen) atoms. The number of fused-ring (bicyclic) bond motifs is 1. The normalized spacial score (nSPS) is 11.2. The van der Waals surface area contributed by atoms with Crippen LogP contribution in [0.5, 0.6) is 0 Å². The lowest BCUT2D eigenvalue weighted by molar-refractivity contribution is -0.136. The molecule has 0 saturated heterocycles. The van der Waals surface area contributed by atoms with Crippen LogP contribution in [0.25, 0.3) is 10.9 Å². The summed E-state index contributed by atoms with van der Waals surface area (Å²) in [6, 6.07) is 5.31. The first-order chi connectivity index (χ1) is 8.04. The number of isothiocyanates is 1. The fourth-order valence-electron chi connectivity index (χ4n) is 1.54. The first-order valence-electron chi connectivity index (χ1n) is 4.57. The van der Waals surface area contributed by atoms with Gasteiger partial charge in [-0.05, 0) is 24.4 Å². The first-order valence-corrected chi connectivity index (χ1v) is 4.97. The second-order valence-corrected chi connectivity index (χ2v) is 3.42. The number of alkyl halides is 3. The zero-order chi connectivity index (χ0) is 12.5. The van der Waals surface area contributed by atoms with Gasteiger partial charge >= 0.3 is 6.18 Å². The maximum atomic E-state index is 12.7. The van der Waals surface area contributed by atoms with Crippen LogP contribution in [0.1, 0.15) is 5.56 Å². The number of para-hydroxylation sites is 1. The summed E-state index contributed by atoms with van der Waals surface area (Å²) in [6.07, 6.45) is -3.17. The highest BCUT2D eigenvalue weighted by Crippen LogP contribution is 2.36. The Hall–Kier alpha value is -1.78. The van der Waals surface area contributed by atoms with Crippen molar-refractivity contribution in [2.24, 2.45) is 4.99 Å². The molecule has 0 saturated carbocycles. The van der Waals surface area contributed by atoms with Crippen molar-refractivity contribution in [3.05, 3.63) is 36.0 Å². The van der Waals surface area contributed by atoms with Gasteiger partial charge in [-0.2, -0.15) is 18.2 Å². The van der Waals surface area contributed by atoms with Gasteiger partial charge in [-0.15, -0.1) is 0 Å². The highest BCUT2D eigenvalue weighted by atomic mass is 32.1. The predicted octanol–water partition coefficient (Wildman–Crippen LogP) is 3.99. The van der Waals surface area contributed by atoms with Crippen LogP contribution < -0.4 is 0 Å². The molecule has 0 atom stereocenters. The molecule has 0 unspecified atom stereocenters. The summed E-state index contributed by atoms with van der Waals surface area (Å²) in [4.78, 5) is 7.46. The molecule has 2 aromatic rings. The van der Waals surface area contributed by atoms with Crippen LogP contribution in [-0.4, -0.2) is 10.1 Å². The predicted molar refractivity (Wildman–Crippen MR) is 61.4 cm³/mol. The summed E-state index contributed by atoms with van der Waals surface area (Å²) >= 11 is 4.44. The van der Waals surface area contributed by atoms with E-state index in [4.69, 9.17) is 0 Å². The largest absolute Gasteiger partial charge is 0.418 e. The fraction of sp³-hybridized carbons (Fsp3) is 0.0909. The molecule has 86 valence electrons. The third kappa shape index (κ3) is 2.18. The zero-order valence-corrected chi connectivity index (χ0v) is 9.14. The van der Waals surface area contributed by atoms with Gasteiger partial charge in [0.15, 0.2) is 0 Å². The third-order valence-corrected chi connectivity index (χ3v) is 2.31. The van der Waals surface area contributed by atoms with Gasteiger partial charge in [0.05, 0.1) is 21.9 Å². The SMILES string of the molecule is FC(F)(F)c1cccc2c(N=C=S)ccnc12. The summed E-state index contributed by atoms with van der Waals surface area (Å²) in [5.74, 6) is 0. The van der Waals surface area contributed by atoms with Gasteiger partial charge in [-0.1, -0.05) is 12.1 Å². The molecule has 0 spiro atoms. The van der Waals surface area contributed by atoms with Crippen molar-refractivity contribution in [2.45, 2.75) is 6.18 Å². The van der Waals surface area contributed by atoms with Crippen LogP contribution in [0.3, 0.4) is 0 Å². The number of pyridine rings is 1. The molecule has 0 aliphatic carbocycles. The Bertz CT molecular complexity index is 616. The number of halogens is 3. The number of benzene rings is 1. The maximum Gasteiger partial charge on any atom is 0.418 e. The molecule has 0 bridgehead atoms. The van der Waals surface area contributed by atoms with Crippen LogP contribution in [0.15, 0.2) is 35.5 Å². The molecule has 2 nitrogen and oxygen atoms in total. The minimum Gasteiger partial charge on any atom is -0.255 e. The number of rotatable bonds is 1. The van der Waals surface area contributed by atoms with Crippen LogP contribution in [0.4, 0.5) is 18.9 Å². The Morgan fingerprint density at radius 2 is 2.00 bits per heavy atom. The lowest BCUT2D eigenvalue weighted by atomic mass is 10.1. The van der Waals surface area contributed by atoms with E-state index in [1.807, 2.05) is 0 Å². The molecule has 2 rings (SSSR count). The van der Waals surface area contributed by atoms with E-state index < -0.39 is 11.7 Å². The molecule has 0 aliphatic heterocycles. The molecule has 0 N–H and O–H groups in total. The molecular formula is C11H5F3N2S. The monoisotopic (exact) mass is 254 g/mol. The summed E-state index contributed by atoms with van der Waals surface area (Å²) in [5.41, 5.74) is -0.584. The molecular weight excluding hydrogens is 249 g/mol. The van der Waals surface area contributed by atoms with Crippen LogP contribution in [0.2, 0.25) is 0 Å². The molecule has 1 heterocycles. The summed E-state index contributed by atoms with van der Waals surface area (Å²) < 4.78 is 38.2. The Kier molecular flexibility index (Phi) is 2.92. The van der Waals surface area contributed by atoms with Crippen molar-refractivity contribution >= 4 is 34.0 Å². The van der Waals surface area contributed by atoms with E-state index in [-0.39, 0.29) is 5.52 Å². The molecule has 0 fully saturated rings. The van der Waals surface area contributed by atoms with Gasteiger partial charge < -0.3 is 0 Å². The van der Waals surface area contributed by atoms with Crippen molar-refractivity contribution < 1.29 is 13.2 Å². The van der Waals surface area contributed by atoms with E-state index in [0.717, 1.165) is 6.07 Å². The standard InChI is InChI=1S/C11H5F3N2S/c12-11(13,14)8-3-1-2-7-9(16-6-17)4-5-15-10(7)8/h1-5H. The summed E-state index contributed by atoms with van der Waals surface area (Å²) in [7, 11) is 0. The van der Waals surface area contributed by atoms with Gasteiger partial charge in [0.25, 0.3) is 0 Å². The van der Waals surface area contributed by atoms with E-state index >= 15 is 0 Å². The van der Waals surface area contributed by atoms with Gasteiger partial charge in [0.2, 0.25) is 0 Å². The van der Waals surface area contributed by atoms with Crippen molar-refractivity contribution in [2.75, 3.05) is 0 Å². The zero-order valence-electron chi connectivity index (χ0n) is 8.32. The molecule has 0 radical (unpaired) electrons. The average molecular weight is 254 g/mol. The quantitative estimate of drug-likeness (QED) is 0.568. The second-order valence-electron chi connectivity index (χ2n) is 3.23. The summed E-state index contributed by atoms with van der Waals surface area (Å²) in [5, 5.41) is 2.44. The number of nitrogens with zero attached hydrogens (tertiary/aromatic N) is 2. The Labute approximate surface area is 99.8 Å². The van der Waals surface area contributed by atoms with Crippen molar-refractivity contribution in [3.63, 3.8) is 0 Å². The molecule has 1 aromatic heterocycles. The van der Waals surface area contributed by atoms with Gasteiger partial charge in [-0.25, -0.2) is 0 Å². The van der Waals surface area contributed by atoms with E-state index in [2.05, 4.69) is 27.4 Å². The van der Waals surface area contributed by atoms with Crippen LogP contribution in [-0.2, 0) is 6.18 Å². The third-order valence-electron chi connectivity index (χ3n) is 2.22. The number of aromatic nitrogens is 1. The lowest BCUT2D eigenvalue weighted by Gasteiger charge is -2.09. The van der Waals surface area contributed by atoms with E-state index in [1.54, 1.807) is 0 Å². The number of hydrogen-bond acceptors (Lipinski definition) is 3. The number of hydrogen-bond donors (Lipinski definition) is 0. The Morgan fingerprint density at radius 3 is 2.65 bits per heavy atom. The minimum atomic E-state index is -4.44. The highest BCUT2D eigenvalue weighted by Gasteiger charge is 2.33. The Balaban J connectivity index is 2.83. The highest BCUT2D eigenvalue weighted by molar-refractivity contribution is 7.78. The second kappa shape index (κ2) is 4.24. The number of thiocarbonyl (C=S) groups is 1. The van der Waals surface area contributed by atoms with Crippen molar-refractivity contribution in [1.29, 1.82) is 0 Å². The van der Waals surface area contributed by atoms with E-state index in [0.29, 0.717) is 11.1 Å². The number of aliphatic imine (C=N–C) groups is 1. The smallest absolute Gasteiger partial charge is 0.255 e. The van der Waals surface area contributed by atoms with Crippen LogP contribution in [0, 0.1) is 0 Å². The maximum absolute atomic E-state index is 12.7. The minimum absolute atomic E-state index is 0.133. The van der Waals surface area contributed by atoms with E-state index in [1.165, 1.54) is 24.4 Å². The summed E-state index contributed by atoms with van der Waals surface area (Å²) in [6.45, 7) is 0. The molecule has 0 aliphatic rings. The van der Waals surface area contributed by atoms with E-state index in [9.17, 15) is 13.2 Å². The van der Waals surface area contributed by atoms with Crippen molar-refractivity contribution in [3.8, 4) is 0 Å². The topological polar surface area (TPSA) is 25.2 Å². The molecule has 0 amide bonds. The fourth-order valence-corrected chi connectivity index (χ4v) is 1.64. The average Bonchev–Trinajstić information content (AvgIpc) is 2.28. The van der Waals surface area contributed by atoms with Crippen molar-refractivity contribution in [1.82, 2.24) is 4.98 Å². The van der Waals surface area contributed by atoms with Gasteiger partial charge in [0, 0.05) is 11.6 Å². The van der Waals surface area contributed by atoms with Crippen LogP contribution >= 0.6 is 12.2 Å². The van der Waals surface area contributed by atoms with Gasteiger partial charge in [-0.3, -0.25) is 4.98 Å². The first kappa shape index (κ1) is 11.7.